The van der Waals surface area contributed by atoms with Gasteiger partial charge in [-0.1, -0.05) is 85.0 Å². The Morgan fingerprint density at radius 1 is 0.950 bits per heavy atom. The molecule has 104 valence electrons. The first-order chi connectivity index (χ1) is 9.57. The Kier molecular flexibility index (Phi) is 4.58. The third-order valence-electron chi connectivity index (χ3n) is 4.09. The fourth-order valence-electron chi connectivity index (χ4n) is 2.74. The van der Waals surface area contributed by atoms with Crippen molar-refractivity contribution in [1.82, 2.24) is 0 Å². The van der Waals surface area contributed by atoms with Crippen LogP contribution in [0.25, 0.3) is 0 Å². The highest BCUT2D eigenvalue weighted by atomic mass is 28.3. The van der Waals surface area contributed by atoms with Gasteiger partial charge < -0.3 is 5.11 Å². The van der Waals surface area contributed by atoms with E-state index in [0.717, 1.165) is 5.56 Å². The molecule has 0 aliphatic heterocycles. The molecule has 2 atom stereocenters. The molecule has 1 nitrogen and oxygen atoms in total. The summed E-state index contributed by atoms with van der Waals surface area (Å²) in [5.41, 5.74) is 1.06. The van der Waals surface area contributed by atoms with Gasteiger partial charge in [0.25, 0.3) is 0 Å². The minimum absolute atomic E-state index is 0.0901. The summed E-state index contributed by atoms with van der Waals surface area (Å²) in [6.07, 6.45) is 1.44. The summed E-state index contributed by atoms with van der Waals surface area (Å²) in [5, 5.41) is 12.1. The summed E-state index contributed by atoms with van der Waals surface area (Å²) in [7, 11) is -1.82. The van der Waals surface area contributed by atoms with Crippen molar-refractivity contribution in [2.24, 2.45) is 0 Å². The van der Waals surface area contributed by atoms with Gasteiger partial charge in [0.05, 0.1) is 14.2 Å². The van der Waals surface area contributed by atoms with Crippen LogP contribution < -0.4 is 5.19 Å². The summed E-state index contributed by atoms with van der Waals surface area (Å²) >= 11 is 0. The van der Waals surface area contributed by atoms with Gasteiger partial charge in [-0.25, -0.2) is 0 Å². The number of rotatable bonds is 5. The van der Waals surface area contributed by atoms with Crippen LogP contribution in [0.4, 0.5) is 0 Å². The topological polar surface area (TPSA) is 20.2 Å². The Labute approximate surface area is 122 Å². The first kappa shape index (κ1) is 14.8. The second-order valence-electron chi connectivity index (χ2n) is 5.70. The van der Waals surface area contributed by atoms with Crippen LogP contribution in [0.2, 0.25) is 18.6 Å². The van der Waals surface area contributed by atoms with Gasteiger partial charge in [0.15, 0.2) is 0 Å². The lowest BCUT2D eigenvalue weighted by Crippen LogP contribution is -2.47. The van der Waals surface area contributed by atoms with E-state index in [0.29, 0.717) is 0 Å². The van der Waals surface area contributed by atoms with Crippen LogP contribution in [0.1, 0.15) is 11.7 Å². The molecule has 2 heteroatoms. The second-order valence-corrected chi connectivity index (χ2v) is 10.4. The van der Waals surface area contributed by atoms with Crippen molar-refractivity contribution in [3.05, 3.63) is 78.9 Å². The second kappa shape index (κ2) is 6.20. The zero-order chi connectivity index (χ0) is 14.6. The summed E-state index contributed by atoms with van der Waals surface area (Å²) in [5.74, 6) is 0. The van der Waals surface area contributed by atoms with E-state index in [-0.39, 0.29) is 5.54 Å². The molecule has 0 fully saturated rings. The highest BCUT2D eigenvalue weighted by Crippen LogP contribution is 2.35. The van der Waals surface area contributed by atoms with Crippen LogP contribution in [0.3, 0.4) is 0 Å². The van der Waals surface area contributed by atoms with Gasteiger partial charge in [0.1, 0.15) is 0 Å². The number of hydrogen-bond donors (Lipinski definition) is 1. The Morgan fingerprint density at radius 3 is 1.95 bits per heavy atom. The maximum atomic E-state index is 10.7. The molecule has 0 saturated carbocycles. The standard InChI is InChI=1S/C18H22OSi/c1-4-17(18(19)15-11-7-5-8-12-15)20(2,3)16-13-9-6-10-14-16/h4-14,17-19H,1H2,2-3H3/t17-,18+/m0/s1. The van der Waals surface area contributed by atoms with Gasteiger partial charge in [0.2, 0.25) is 0 Å². The van der Waals surface area contributed by atoms with Crippen molar-refractivity contribution < 1.29 is 5.11 Å². The molecule has 0 aromatic heterocycles. The highest BCUT2D eigenvalue weighted by Gasteiger charge is 2.36. The summed E-state index contributed by atoms with van der Waals surface area (Å²) in [6.45, 7) is 8.56. The maximum Gasteiger partial charge on any atom is 0.0906 e. The number of aliphatic hydroxyl groups is 1. The lowest BCUT2D eigenvalue weighted by atomic mass is 10.1. The molecule has 0 bridgehead atoms. The van der Waals surface area contributed by atoms with Gasteiger partial charge in [-0.2, -0.15) is 0 Å². The number of benzene rings is 2. The van der Waals surface area contributed by atoms with Gasteiger partial charge in [0, 0.05) is 5.54 Å². The molecule has 0 aliphatic carbocycles. The fourth-order valence-corrected chi connectivity index (χ4v) is 5.74. The summed E-state index contributed by atoms with van der Waals surface area (Å²) < 4.78 is 0. The molecule has 1 N–H and O–H groups in total. The highest BCUT2D eigenvalue weighted by molar-refractivity contribution is 6.91. The SMILES string of the molecule is C=C[C@@H]([C@H](O)c1ccccc1)[Si](C)(C)c1ccccc1. The molecule has 0 unspecified atom stereocenters. The number of aliphatic hydroxyl groups excluding tert-OH is 1. The first-order valence-corrected chi connectivity index (χ1v) is 10.1. The zero-order valence-corrected chi connectivity index (χ0v) is 13.2. The first-order valence-electron chi connectivity index (χ1n) is 6.98. The molecule has 20 heavy (non-hydrogen) atoms. The van der Waals surface area contributed by atoms with E-state index in [4.69, 9.17) is 0 Å². The third kappa shape index (κ3) is 2.92. The van der Waals surface area contributed by atoms with E-state index in [1.807, 2.05) is 42.5 Å². The third-order valence-corrected chi connectivity index (χ3v) is 8.13. The lowest BCUT2D eigenvalue weighted by molar-refractivity contribution is 0.179. The average Bonchev–Trinajstić information content (AvgIpc) is 2.49. The molecule has 0 aliphatic rings. The van der Waals surface area contributed by atoms with E-state index in [1.54, 1.807) is 0 Å². The molecule has 0 heterocycles. The van der Waals surface area contributed by atoms with Gasteiger partial charge >= 0.3 is 0 Å². The van der Waals surface area contributed by atoms with Gasteiger partial charge in [-0.05, 0) is 5.56 Å². The molecule has 2 aromatic carbocycles. The molecule has 0 amide bonds. The fraction of sp³-hybridized carbons (Fsp3) is 0.222. The van der Waals surface area contributed by atoms with E-state index in [9.17, 15) is 5.11 Å². The lowest BCUT2D eigenvalue weighted by Gasteiger charge is -2.34. The summed E-state index contributed by atoms with van der Waals surface area (Å²) in [6, 6.07) is 20.4. The maximum absolute atomic E-state index is 10.7. The monoisotopic (exact) mass is 282 g/mol. The van der Waals surface area contributed by atoms with Crippen LogP contribution in [-0.4, -0.2) is 13.2 Å². The van der Waals surface area contributed by atoms with Gasteiger partial charge in [-0.15, -0.1) is 6.58 Å². The van der Waals surface area contributed by atoms with Crippen molar-refractivity contribution in [2.45, 2.75) is 24.7 Å². The predicted molar refractivity (Wildman–Crippen MR) is 88.9 cm³/mol. The van der Waals surface area contributed by atoms with Crippen LogP contribution in [-0.2, 0) is 0 Å². The van der Waals surface area contributed by atoms with Gasteiger partial charge in [-0.3, -0.25) is 0 Å². The van der Waals surface area contributed by atoms with E-state index in [2.05, 4.69) is 43.9 Å². The molecule has 2 rings (SSSR count). The van der Waals surface area contributed by atoms with E-state index in [1.165, 1.54) is 5.19 Å². The van der Waals surface area contributed by atoms with Crippen molar-refractivity contribution in [3.8, 4) is 0 Å². The zero-order valence-electron chi connectivity index (χ0n) is 12.2. The quantitative estimate of drug-likeness (QED) is 0.651. The van der Waals surface area contributed by atoms with Crippen LogP contribution in [0, 0.1) is 0 Å². The van der Waals surface area contributed by atoms with Crippen molar-refractivity contribution in [1.29, 1.82) is 0 Å². The molecule has 0 spiro atoms. The van der Waals surface area contributed by atoms with Crippen molar-refractivity contribution in [2.75, 3.05) is 0 Å². The Morgan fingerprint density at radius 2 is 1.45 bits per heavy atom. The minimum atomic E-state index is -1.82. The number of hydrogen-bond acceptors (Lipinski definition) is 1. The largest absolute Gasteiger partial charge is 0.388 e. The molecular formula is C18H22OSi. The Balaban J connectivity index is 2.35. The van der Waals surface area contributed by atoms with Crippen molar-refractivity contribution in [3.63, 3.8) is 0 Å². The van der Waals surface area contributed by atoms with Crippen LogP contribution >= 0.6 is 0 Å². The Bertz CT molecular complexity index is 548. The normalized spacial score (nSPS) is 14.6. The minimum Gasteiger partial charge on any atom is -0.388 e. The van der Waals surface area contributed by atoms with E-state index >= 15 is 0 Å². The smallest absolute Gasteiger partial charge is 0.0906 e. The molecule has 0 saturated heterocycles. The average molecular weight is 282 g/mol. The predicted octanol–water partition coefficient (Wildman–Crippen LogP) is 3.89. The van der Waals surface area contributed by atoms with Crippen molar-refractivity contribution >= 4 is 13.3 Å². The van der Waals surface area contributed by atoms with Crippen LogP contribution in [0.5, 0.6) is 0 Å². The Hall–Kier alpha value is -1.64. The van der Waals surface area contributed by atoms with Crippen LogP contribution in [0.15, 0.2) is 73.3 Å². The van der Waals surface area contributed by atoms with E-state index < -0.39 is 14.2 Å². The molecule has 2 aromatic rings. The summed E-state index contributed by atoms with van der Waals surface area (Å²) in [4.78, 5) is 0. The molecular weight excluding hydrogens is 260 g/mol. The molecule has 0 radical (unpaired) electrons.